The van der Waals surface area contributed by atoms with Crippen LogP contribution in [0, 0.1) is 4.91 Å². The van der Waals surface area contributed by atoms with Crippen molar-refractivity contribution in [3.8, 4) is 0 Å². The molecule has 0 aliphatic heterocycles. The Labute approximate surface area is 84.8 Å². The van der Waals surface area contributed by atoms with E-state index >= 15 is 0 Å². The van der Waals surface area contributed by atoms with Crippen LogP contribution in [0.1, 0.15) is 0 Å². The summed E-state index contributed by atoms with van der Waals surface area (Å²) in [7, 11) is 0. The van der Waals surface area contributed by atoms with Crippen LogP contribution in [0.2, 0.25) is 0 Å². The molecule has 15 heavy (non-hydrogen) atoms. The van der Waals surface area contributed by atoms with Crippen molar-refractivity contribution in [2.75, 3.05) is 6.61 Å². The lowest BCUT2D eigenvalue weighted by Gasteiger charge is -2.22. The number of hydrogen-bond donors (Lipinski definition) is 4. The summed E-state index contributed by atoms with van der Waals surface area (Å²) in [5.74, 6) is 0. The van der Waals surface area contributed by atoms with E-state index < -0.39 is 31.0 Å². The van der Waals surface area contributed by atoms with Gasteiger partial charge in [-0.1, -0.05) is 0 Å². The summed E-state index contributed by atoms with van der Waals surface area (Å²) >= 11 is 0. The number of aldehydes is 1. The maximum atomic E-state index is 9.98. The van der Waals surface area contributed by atoms with Crippen LogP contribution in [-0.2, 0) is 9.63 Å². The molecule has 3 radical (unpaired) electrons. The number of aliphatic hydroxyl groups is 4. The largest absolute Gasteiger partial charge is 0.387 e. The number of carbonyl (C=O) groups excluding carboxylic acids is 1. The molecular weight excluding hydrogens is 212 g/mol. The first kappa shape index (κ1) is 16.3. The van der Waals surface area contributed by atoms with Crippen LogP contribution in [0.4, 0.5) is 0 Å². The van der Waals surface area contributed by atoms with Gasteiger partial charge in [0.15, 0.2) is 11.6 Å². The molecule has 0 bridgehead atoms. The molecular formula is C6H11N2O7. The van der Waals surface area contributed by atoms with Gasteiger partial charge in [-0.05, 0) is 0 Å². The lowest BCUT2D eigenvalue weighted by molar-refractivity contribution is -0.138. The number of nitrogens with zero attached hydrogens (tertiary/aromatic N) is 2. The molecule has 9 nitrogen and oxygen atoms in total. The molecule has 0 saturated heterocycles. The van der Waals surface area contributed by atoms with E-state index in [1.807, 2.05) is 5.34 Å². The lowest BCUT2D eigenvalue weighted by Crippen LogP contribution is -2.46. The van der Waals surface area contributed by atoms with E-state index in [1.54, 1.807) is 0 Å². The van der Waals surface area contributed by atoms with Crippen LogP contribution in [0.25, 0.3) is 0 Å². The van der Waals surface area contributed by atoms with Crippen LogP contribution < -0.4 is 6.15 Å². The van der Waals surface area contributed by atoms with Crippen molar-refractivity contribution in [1.82, 2.24) is 6.15 Å². The molecule has 0 amide bonds. The van der Waals surface area contributed by atoms with Gasteiger partial charge >= 0.3 is 0 Å². The predicted octanol–water partition coefficient (Wildman–Crippen LogP) is -3.15. The second kappa shape index (κ2) is 8.20. The lowest BCUT2D eigenvalue weighted by atomic mass is 10.0. The molecule has 0 unspecified atom stereocenters. The van der Waals surface area contributed by atoms with E-state index in [0.29, 0.717) is 0 Å². The summed E-state index contributed by atoms with van der Waals surface area (Å²) in [6, 6.07) is 0. The fourth-order valence-corrected chi connectivity index (χ4v) is 0.716. The fourth-order valence-electron chi connectivity index (χ4n) is 0.716. The Morgan fingerprint density at radius 2 is 1.73 bits per heavy atom. The highest BCUT2D eigenvalue weighted by molar-refractivity contribution is 5.56. The average Bonchev–Trinajstić information content (AvgIpc) is 2.22. The van der Waals surface area contributed by atoms with E-state index in [4.69, 9.17) is 20.4 Å². The Morgan fingerprint density at radius 1 is 1.20 bits per heavy atom. The molecule has 0 fully saturated rings. The molecule has 0 aromatic heterocycles. The first-order valence-corrected chi connectivity index (χ1v) is 3.66. The summed E-state index contributed by atoms with van der Waals surface area (Å²) < 4.78 is 0. The quantitative estimate of drug-likeness (QED) is 0.200. The van der Waals surface area contributed by atoms with Crippen LogP contribution in [0.5, 0.6) is 0 Å². The Morgan fingerprint density at radius 3 is 2.13 bits per heavy atom. The van der Waals surface area contributed by atoms with Gasteiger partial charge in [0.2, 0.25) is 0 Å². The topological polar surface area (TPSA) is 167 Å². The van der Waals surface area contributed by atoms with Gasteiger partial charge in [0.25, 0.3) is 0 Å². The van der Waals surface area contributed by atoms with Crippen LogP contribution in [-0.4, -0.2) is 57.7 Å². The molecule has 0 rings (SSSR count). The van der Waals surface area contributed by atoms with Crippen molar-refractivity contribution in [1.29, 1.82) is 0 Å². The SMILES string of the molecule is O=C[C@H](O)[C@@H](O)[C@H](O)[C@H](O)CON=O.[N]. The average molecular weight is 223 g/mol. The van der Waals surface area contributed by atoms with Crippen molar-refractivity contribution in [3.63, 3.8) is 0 Å². The molecule has 0 aliphatic carbocycles. The highest BCUT2D eigenvalue weighted by Crippen LogP contribution is 2.04. The van der Waals surface area contributed by atoms with E-state index in [1.165, 1.54) is 0 Å². The van der Waals surface area contributed by atoms with Crippen molar-refractivity contribution >= 4 is 6.29 Å². The van der Waals surface area contributed by atoms with Gasteiger partial charge in [0, 0.05) is 6.15 Å². The molecule has 4 N–H and O–H groups in total. The van der Waals surface area contributed by atoms with Gasteiger partial charge in [-0.3, -0.25) is 0 Å². The molecule has 4 atom stereocenters. The molecule has 0 saturated carbocycles. The van der Waals surface area contributed by atoms with Crippen molar-refractivity contribution in [2.24, 2.45) is 5.34 Å². The zero-order valence-electron chi connectivity index (χ0n) is 7.50. The maximum Gasteiger partial charge on any atom is 0.155 e. The molecule has 0 aliphatic rings. The van der Waals surface area contributed by atoms with Crippen molar-refractivity contribution < 1.29 is 30.1 Å². The summed E-state index contributed by atoms with van der Waals surface area (Å²) in [4.78, 5) is 23.3. The van der Waals surface area contributed by atoms with Crippen LogP contribution >= 0.6 is 0 Å². The van der Waals surface area contributed by atoms with E-state index in [2.05, 4.69) is 4.84 Å². The summed E-state index contributed by atoms with van der Waals surface area (Å²) in [5.41, 5.74) is 0. The smallest absolute Gasteiger partial charge is 0.155 e. The Kier molecular flexibility index (Phi) is 8.91. The summed E-state index contributed by atoms with van der Waals surface area (Å²) in [6.07, 6.45) is -7.10. The minimum absolute atomic E-state index is 0. The Bertz CT molecular complexity index is 190. The fraction of sp³-hybridized carbons (Fsp3) is 0.833. The second-order valence-corrected chi connectivity index (χ2v) is 2.55. The highest BCUT2D eigenvalue weighted by Gasteiger charge is 2.30. The number of aliphatic hydroxyl groups excluding tert-OH is 4. The van der Waals surface area contributed by atoms with Crippen LogP contribution in [0.15, 0.2) is 5.34 Å². The van der Waals surface area contributed by atoms with Crippen molar-refractivity contribution in [3.05, 3.63) is 4.91 Å². The monoisotopic (exact) mass is 223 g/mol. The third-order valence-electron chi connectivity index (χ3n) is 1.53. The van der Waals surface area contributed by atoms with Gasteiger partial charge in [-0.25, -0.2) is 0 Å². The number of hydrogen-bond acceptors (Lipinski definition) is 8. The maximum absolute atomic E-state index is 9.98. The first-order valence-electron chi connectivity index (χ1n) is 3.66. The van der Waals surface area contributed by atoms with Gasteiger partial charge in [-0.2, -0.15) is 0 Å². The molecule has 87 valence electrons. The number of rotatable bonds is 7. The van der Waals surface area contributed by atoms with Gasteiger partial charge < -0.3 is 30.1 Å². The molecule has 0 aromatic carbocycles. The zero-order valence-corrected chi connectivity index (χ0v) is 7.50. The van der Waals surface area contributed by atoms with E-state index in [0.717, 1.165) is 0 Å². The van der Waals surface area contributed by atoms with Gasteiger partial charge in [-0.15, -0.1) is 4.91 Å². The minimum atomic E-state index is -1.85. The summed E-state index contributed by atoms with van der Waals surface area (Å²) in [6.45, 7) is -0.646. The zero-order chi connectivity index (χ0) is 11.1. The van der Waals surface area contributed by atoms with E-state index in [-0.39, 0.29) is 12.4 Å². The highest BCUT2D eigenvalue weighted by atomic mass is 16.7. The second-order valence-electron chi connectivity index (χ2n) is 2.55. The minimum Gasteiger partial charge on any atom is -0.387 e. The van der Waals surface area contributed by atoms with Crippen molar-refractivity contribution in [2.45, 2.75) is 24.4 Å². The summed E-state index contributed by atoms with van der Waals surface area (Å²) in [5, 5.41) is 37.8. The molecule has 0 aromatic rings. The standard InChI is InChI=1S/C6H11NO7.N/c8-1-3(9)5(11)6(12)4(10)2-14-7-13;/h1,3-6,9-12H,2H2;/t3-,4+,5+,6+;/m0./s1. The molecule has 0 heterocycles. The molecule has 0 spiro atoms. The third kappa shape index (κ3) is 5.34. The van der Waals surface area contributed by atoms with Gasteiger partial charge in [0.05, 0.1) is 0 Å². The third-order valence-corrected chi connectivity index (χ3v) is 1.53. The first-order chi connectivity index (χ1) is 6.54. The van der Waals surface area contributed by atoms with Crippen LogP contribution in [0.3, 0.4) is 0 Å². The van der Waals surface area contributed by atoms with Gasteiger partial charge in [0.1, 0.15) is 31.0 Å². The van der Waals surface area contributed by atoms with E-state index in [9.17, 15) is 9.70 Å². The Balaban J connectivity index is 0. The predicted molar refractivity (Wildman–Crippen MR) is 44.0 cm³/mol. The number of carbonyl (C=O) groups is 1. The molecule has 9 heteroatoms. The Hall–Kier alpha value is -1.13. The normalized spacial score (nSPS) is 17.9.